The predicted molar refractivity (Wildman–Crippen MR) is 85.9 cm³/mol. The second kappa shape index (κ2) is 7.15. The van der Waals surface area contributed by atoms with Crippen LogP contribution >= 0.6 is 0 Å². The standard InChI is InChI=1S/C16H31N3O3/c1-5-18-8-6-7-12(18)9-17-13-10-19(11-14(13)20)15(21)22-16(2,3)4/h12-14,17,20H,5-11H2,1-4H3/t12?,13-,14-/m1/s1. The van der Waals surface area contributed by atoms with Crippen LogP contribution in [0.5, 0.6) is 0 Å². The van der Waals surface area contributed by atoms with E-state index in [2.05, 4.69) is 17.1 Å². The van der Waals surface area contributed by atoms with Gasteiger partial charge in [0.15, 0.2) is 0 Å². The zero-order chi connectivity index (χ0) is 16.3. The number of ether oxygens (including phenoxy) is 1. The average molecular weight is 313 g/mol. The quantitative estimate of drug-likeness (QED) is 0.812. The summed E-state index contributed by atoms with van der Waals surface area (Å²) in [5.41, 5.74) is -0.501. The minimum Gasteiger partial charge on any atom is -0.444 e. The molecule has 22 heavy (non-hydrogen) atoms. The van der Waals surface area contributed by atoms with Crippen LogP contribution in [0.3, 0.4) is 0 Å². The normalized spacial score (nSPS) is 30.0. The Hall–Kier alpha value is -0.850. The molecule has 0 aromatic carbocycles. The number of amides is 1. The molecule has 0 bridgehead atoms. The van der Waals surface area contributed by atoms with Gasteiger partial charge in [0.05, 0.1) is 18.7 Å². The van der Waals surface area contributed by atoms with Crippen LogP contribution in [0.15, 0.2) is 0 Å². The average Bonchev–Trinajstić information content (AvgIpc) is 3.00. The highest BCUT2D eigenvalue weighted by Gasteiger charge is 2.36. The van der Waals surface area contributed by atoms with Gasteiger partial charge in [-0.2, -0.15) is 0 Å². The molecule has 1 amide bonds. The highest BCUT2D eigenvalue weighted by molar-refractivity contribution is 5.68. The maximum Gasteiger partial charge on any atom is 0.410 e. The van der Waals surface area contributed by atoms with Gasteiger partial charge in [-0.3, -0.25) is 4.90 Å². The van der Waals surface area contributed by atoms with Crippen molar-refractivity contribution in [1.29, 1.82) is 0 Å². The van der Waals surface area contributed by atoms with Crippen LogP contribution in [0.25, 0.3) is 0 Å². The number of carbonyl (C=O) groups is 1. The molecular formula is C16H31N3O3. The number of nitrogens with one attached hydrogen (secondary N) is 1. The lowest BCUT2D eigenvalue weighted by atomic mass is 10.1. The predicted octanol–water partition coefficient (Wildman–Crippen LogP) is 1.04. The fourth-order valence-corrected chi connectivity index (χ4v) is 3.29. The van der Waals surface area contributed by atoms with Crippen LogP contribution in [0.1, 0.15) is 40.5 Å². The molecule has 0 aliphatic carbocycles. The topological polar surface area (TPSA) is 65.0 Å². The lowest BCUT2D eigenvalue weighted by Gasteiger charge is -2.26. The molecule has 2 fully saturated rings. The van der Waals surface area contributed by atoms with Crippen molar-refractivity contribution in [3.63, 3.8) is 0 Å². The van der Waals surface area contributed by atoms with Crippen LogP contribution in [0, 0.1) is 0 Å². The summed E-state index contributed by atoms with van der Waals surface area (Å²) in [4.78, 5) is 16.1. The van der Waals surface area contributed by atoms with Gasteiger partial charge in [-0.15, -0.1) is 0 Å². The summed E-state index contributed by atoms with van der Waals surface area (Å²) in [6.45, 7) is 11.7. The molecular weight excluding hydrogens is 282 g/mol. The number of carbonyl (C=O) groups excluding carboxylic acids is 1. The summed E-state index contributed by atoms with van der Waals surface area (Å²) in [6.07, 6.45) is 1.59. The van der Waals surface area contributed by atoms with E-state index in [9.17, 15) is 9.90 Å². The first-order chi connectivity index (χ1) is 10.3. The van der Waals surface area contributed by atoms with Crippen LogP contribution in [-0.4, -0.2) is 77.5 Å². The van der Waals surface area contributed by atoms with E-state index >= 15 is 0 Å². The Bertz CT molecular complexity index is 383. The number of hydrogen-bond donors (Lipinski definition) is 2. The van der Waals surface area contributed by atoms with Crippen molar-refractivity contribution in [2.45, 2.75) is 64.3 Å². The Balaban J connectivity index is 1.80. The molecule has 0 aromatic rings. The summed E-state index contributed by atoms with van der Waals surface area (Å²) in [5.74, 6) is 0. The second-order valence-electron chi connectivity index (χ2n) is 7.39. The molecule has 3 atom stereocenters. The zero-order valence-electron chi connectivity index (χ0n) is 14.3. The van der Waals surface area contributed by atoms with Gasteiger partial charge in [0, 0.05) is 19.1 Å². The summed E-state index contributed by atoms with van der Waals surface area (Å²) in [5, 5.41) is 13.6. The van der Waals surface area contributed by atoms with Crippen molar-refractivity contribution < 1.29 is 14.6 Å². The zero-order valence-corrected chi connectivity index (χ0v) is 14.3. The summed E-state index contributed by atoms with van der Waals surface area (Å²) in [7, 11) is 0. The Morgan fingerprint density at radius 3 is 2.73 bits per heavy atom. The molecule has 2 saturated heterocycles. The molecule has 6 heteroatoms. The first-order valence-electron chi connectivity index (χ1n) is 8.43. The van der Waals surface area contributed by atoms with Crippen molar-refractivity contribution in [3.8, 4) is 0 Å². The van der Waals surface area contributed by atoms with Crippen molar-refractivity contribution in [2.24, 2.45) is 0 Å². The monoisotopic (exact) mass is 313 g/mol. The number of likely N-dealkylation sites (tertiary alicyclic amines) is 2. The van der Waals surface area contributed by atoms with Gasteiger partial charge in [0.1, 0.15) is 5.60 Å². The molecule has 128 valence electrons. The Morgan fingerprint density at radius 2 is 2.09 bits per heavy atom. The molecule has 6 nitrogen and oxygen atoms in total. The first-order valence-corrected chi connectivity index (χ1v) is 8.43. The fourth-order valence-electron chi connectivity index (χ4n) is 3.29. The summed E-state index contributed by atoms with van der Waals surface area (Å²) < 4.78 is 5.37. The lowest BCUT2D eigenvalue weighted by Crippen LogP contribution is -2.46. The molecule has 0 saturated carbocycles. The van der Waals surface area contributed by atoms with Crippen molar-refractivity contribution in [3.05, 3.63) is 0 Å². The van der Waals surface area contributed by atoms with Gasteiger partial charge in [-0.05, 0) is 46.7 Å². The number of aliphatic hydroxyl groups excluding tert-OH is 1. The van der Waals surface area contributed by atoms with E-state index in [1.54, 1.807) is 4.90 Å². The number of rotatable bonds is 4. The van der Waals surface area contributed by atoms with Gasteiger partial charge < -0.3 is 20.1 Å². The second-order valence-corrected chi connectivity index (χ2v) is 7.39. The van der Waals surface area contributed by atoms with Gasteiger partial charge >= 0.3 is 6.09 Å². The minimum atomic E-state index is -0.524. The molecule has 0 radical (unpaired) electrons. The summed E-state index contributed by atoms with van der Waals surface area (Å²) >= 11 is 0. The van der Waals surface area contributed by atoms with Crippen LogP contribution < -0.4 is 5.32 Å². The molecule has 2 N–H and O–H groups in total. The van der Waals surface area contributed by atoms with E-state index in [-0.39, 0.29) is 12.1 Å². The first kappa shape index (κ1) is 17.5. The smallest absolute Gasteiger partial charge is 0.410 e. The largest absolute Gasteiger partial charge is 0.444 e. The van der Waals surface area contributed by atoms with E-state index in [4.69, 9.17) is 4.74 Å². The number of aliphatic hydroxyl groups is 1. The number of β-amino-alcohol motifs (C(OH)–C–C–N with tert-alkyl or cyclic N) is 1. The van der Waals surface area contributed by atoms with E-state index in [1.165, 1.54) is 19.4 Å². The van der Waals surface area contributed by atoms with E-state index in [0.717, 1.165) is 13.1 Å². The Morgan fingerprint density at radius 1 is 1.36 bits per heavy atom. The number of hydrogen-bond acceptors (Lipinski definition) is 5. The highest BCUT2D eigenvalue weighted by Crippen LogP contribution is 2.18. The van der Waals surface area contributed by atoms with Crippen molar-refractivity contribution in [2.75, 3.05) is 32.7 Å². The molecule has 0 spiro atoms. The summed E-state index contributed by atoms with van der Waals surface area (Å²) in [6, 6.07) is 0.486. The maximum absolute atomic E-state index is 12.1. The SMILES string of the molecule is CCN1CCCC1CN[C@@H]1CN(C(=O)OC(C)(C)C)C[C@H]1O. The lowest BCUT2D eigenvalue weighted by molar-refractivity contribution is 0.0270. The van der Waals surface area contributed by atoms with E-state index in [0.29, 0.717) is 19.1 Å². The molecule has 2 aliphatic heterocycles. The third-order valence-electron chi connectivity index (χ3n) is 4.46. The Kier molecular flexibility index (Phi) is 5.69. The van der Waals surface area contributed by atoms with Gasteiger partial charge in [0.2, 0.25) is 0 Å². The van der Waals surface area contributed by atoms with Gasteiger partial charge in [-0.1, -0.05) is 6.92 Å². The van der Waals surface area contributed by atoms with Crippen LogP contribution in [0.4, 0.5) is 4.79 Å². The third-order valence-corrected chi connectivity index (χ3v) is 4.46. The van der Waals surface area contributed by atoms with Crippen LogP contribution in [0.2, 0.25) is 0 Å². The maximum atomic E-state index is 12.1. The van der Waals surface area contributed by atoms with Gasteiger partial charge in [0.25, 0.3) is 0 Å². The van der Waals surface area contributed by atoms with Gasteiger partial charge in [-0.25, -0.2) is 4.79 Å². The molecule has 2 rings (SSSR count). The molecule has 0 aromatic heterocycles. The van der Waals surface area contributed by atoms with Crippen molar-refractivity contribution in [1.82, 2.24) is 15.1 Å². The van der Waals surface area contributed by atoms with Crippen molar-refractivity contribution >= 4 is 6.09 Å². The highest BCUT2D eigenvalue weighted by atomic mass is 16.6. The fraction of sp³-hybridized carbons (Fsp3) is 0.938. The molecule has 2 aliphatic rings. The van der Waals surface area contributed by atoms with E-state index in [1.807, 2.05) is 20.8 Å². The Labute approximate surface area is 133 Å². The molecule has 2 heterocycles. The number of likely N-dealkylation sites (N-methyl/N-ethyl adjacent to an activating group) is 1. The number of nitrogens with zero attached hydrogens (tertiary/aromatic N) is 2. The molecule has 1 unspecified atom stereocenters. The van der Waals surface area contributed by atoms with E-state index < -0.39 is 11.7 Å². The third kappa shape index (κ3) is 4.57. The minimum absolute atomic E-state index is 0.0631. The van der Waals surface area contributed by atoms with Crippen LogP contribution in [-0.2, 0) is 4.74 Å².